The zero-order valence-corrected chi connectivity index (χ0v) is 11.1. The van der Waals surface area contributed by atoms with E-state index in [1.165, 1.54) is 12.1 Å². The Labute approximate surface area is 111 Å². The third-order valence-electron chi connectivity index (χ3n) is 1.90. The molecule has 1 amide bonds. The molecule has 2 N–H and O–H groups in total. The van der Waals surface area contributed by atoms with Gasteiger partial charge in [0.05, 0.1) is 6.54 Å². The number of hydrogen-bond acceptors (Lipinski definition) is 3. The van der Waals surface area contributed by atoms with Gasteiger partial charge >= 0.3 is 6.09 Å². The summed E-state index contributed by atoms with van der Waals surface area (Å²) in [5.41, 5.74) is -0.0924. The molecule has 0 radical (unpaired) electrons. The van der Waals surface area contributed by atoms with Gasteiger partial charge in [-0.1, -0.05) is 11.8 Å². The van der Waals surface area contributed by atoms with Crippen LogP contribution in [0.3, 0.4) is 0 Å². The van der Waals surface area contributed by atoms with Gasteiger partial charge in [-0.3, -0.25) is 0 Å². The van der Waals surface area contributed by atoms with Crippen LogP contribution in [-0.4, -0.2) is 23.3 Å². The highest BCUT2D eigenvalue weighted by Gasteiger charge is 2.14. The van der Waals surface area contributed by atoms with Gasteiger partial charge in [-0.05, 0) is 39.0 Å². The monoisotopic (exact) mass is 265 g/mol. The molecule has 0 fully saturated rings. The lowest BCUT2D eigenvalue weighted by Gasteiger charge is -2.18. The fourth-order valence-electron chi connectivity index (χ4n) is 1.17. The average molecular weight is 265 g/mol. The summed E-state index contributed by atoms with van der Waals surface area (Å²) in [6.45, 7) is 5.39. The zero-order valence-electron chi connectivity index (χ0n) is 11.1. The van der Waals surface area contributed by atoms with E-state index < -0.39 is 23.3 Å². The summed E-state index contributed by atoms with van der Waals surface area (Å²) in [4.78, 5) is 11.3. The number of halogens is 1. The molecule has 19 heavy (non-hydrogen) atoms. The van der Waals surface area contributed by atoms with Crippen LogP contribution in [0.15, 0.2) is 18.2 Å². The number of aromatic hydroxyl groups is 1. The van der Waals surface area contributed by atoms with Gasteiger partial charge < -0.3 is 15.2 Å². The Morgan fingerprint density at radius 3 is 2.74 bits per heavy atom. The molecule has 0 aliphatic heterocycles. The van der Waals surface area contributed by atoms with E-state index in [1.807, 2.05) is 0 Å². The average Bonchev–Trinajstić information content (AvgIpc) is 2.27. The topological polar surface area (TPSA) is 58.6 Å². The molecular weight excluding hydrogens is 249 g/mol. The molecule has 1 rings (SSSR count). The van der Waals surface area contributed by atoms with E-state index >= 15 is 0 Å². The van der Waals surface area contributed by atoms with Crippen LogP contribution in [0.1, 0.15) is 26.3 Å². The van der Waals surface area contributed by atoms with Crippen molar-refractivity contribution >= 4 is 6.09 Å². The van der Waals surface area contributed by atoms with Gasteiger partial charge in [-0.15, -0.1) is 0 Å². The van der Waals surface area contributed by atoms with Gasteiger partial charge in [-0.2, -0.15) is 0 Å². The molecule has 0 aliphatic rings. The van der Waals surface area contributed by atoms with Gasteiger partial charge in [0.25, 0.3) is 0 Å². The number of amides is 1. The fraction of sp³-hybridized carbons (Fsp3) is 0.357. The Morgan fingerprint density at radius 1 is 1.47 bits per heavy atom. The molecule has 4 nitrogen and oxygen atoms in total. The predicted molar refractivity (Wildman–Crippen MR) is 69.2 cm³/mol. The Morgan fingerprint density at radius 2 is 2.16 bits per heavy atom. The molecule has 0 saturated heterocycles. The maximum atomic E-state index is 12.8. The number of benzene rings is 1. The molecule has 0 bridgehead atoms. The Balaban J connectivity index is 2.47. The van der Waals surface area contributed by atoms with Crippen LogP contribution >= 0.6 is 0 Å². The second-order valence-electron chi connectivity index (χ2n) is 4.82. The minimum Gasteiger partial charge on any atom is -0.505 e. The van der Waals surface area contributed by atoms with Crippen molar-refractivity contribution < 1.29 is 19.0 Å². The van der Waals surface area contributed by atoms with Crippen LogP contribution in [0.4, 0.5) is 9.18 Å². The van der Waals surface area contributed by atoms with E-state index in [2.05, 4.69) is 17.2 Å². The number of carbonyl (C=O) groups excluding carboxylic acids is 1. The Hall–Kier alpha value is -2.22. The molecule has 0 aromatic heterocycles. The fourth-order valence-corrected chi connectivity index (χ4v) is 1.17. The first kappa shape index (κ1) is 14.8. The quantitative estimate of drug-likeness (QED) is 0.767. The van der Waals surface area contributed by atoms with E-state index in [-0.39, 0.29) is 6.54 Å². The zero-order chi connectivity index (χ0) is 14.5. The van der Waals surface area contributed by atoms with E-state index in [1.54, 1.807) is 20.8 Å². The SMILES string of the molecule is CC(C)(C)OC(=O)NCC#Cc1ccc(F)c(O)c1. The summed E-state index contributed by atoms with van der Waals surface area (Å²) in [6.07, 6.45) is -0.552. The van der Waals surface area contributed by atoms with Crippen molar-refractivity contribution in [2.45, 2.75) is 26.4 Å². The van der Waals surface area contributed by atoms with Crippen molar-refractivity contribution in [1.29, 1.82) is 0 Å². The normalized spacial score (nSPS) is 10.3. The number of ether oxygens (including phenoxy) is 1. The maximum Gasteiger partial charge on any atom is 0.408 e. The van der Waals surface area contributed by atoms with Crippen molar-refractivity contribution in [2.75, 3.05) is 6.54 Å². The smallest absolute Gasteiger partial charge is 0.408 e. The molecule has 0 spiro atoms. The number of carbonyl (C=O) groups is 1. The molecular formula is C14H16FNO3. The van der Waals surface area contributed by atoms with Gasteiger partial charge in [0.2, 0.25) is 0 Å². The van der Waals surface area contributed by atoms with Crippen LogP contribution in [0.5, 0.6) is 5.75 Å². The Kier molecular flexibility index (Phi) is 4.76. The molecule has 1 aromatic carbocycles. The van der Waals surface area contributed by atoms with Crippen molar-refractivity contribution in [3.05, 3.63) is 29.6 Å². The van der Waals surface area contributed by atoms with E-state index in [0.29, 0.717) is 5.56 Å². The largest absolute Gasteiger partial charge is 0.505 e. The second-order valence-corrected chi connectivity index (χ2v) is 4.82. The molecule has 5 heteroatoms. The summed E-state index contributed by atoms with van der Waals surface area (Å²) in [5.74, 6) is 4.20. The van der Waals surface area contributed by atoms with E-state index in [4.69, 9.17) is 9.84 Å². The second kappa shape index (κ2) is 6.10. The van der Waals surface area contributed by atoms with Crippen molar-refractivity contribution in [3.63, 3.8) is 0 Å². The first-order valence-corrected chi connectivity index (χ1v) is 5.72. The lowest BCUT2D eigenvalue weighted by Crippen LogP contribution is -2.32. The van der Waals surface area contributed by atoms with Crippen LogP contribution in [0.25, 0.3) is 0 Å². The highest BCUT2D eigenvalue weighted by molar-refractivity contribution is 5.68. The van der Waals surface area contributed by atoms with Gasteiger partial charge in [0.15, 0.2) is 11.6 Å². The standard InChI is InChI=1S/C14H16FNO3/c1-14(2,3)19-13(18)16-8-4-5-10-6-7-11(15)12(17)9-10/h6-7,9,17H,8H2,1-3H3,(H,16,18). The Bertz CT molecular complexity index is 524. The third kappa shape index (κ3) is 5.77. The summed E-state index contributed by atoms with van der Waals surface area (Å²) in [7, 11) is 0. The summed E-state index contributed by atoms with van der Waals surface area (Å²) in [5, 5.41) is 11.6. The minimum atomic E-state index is -0.697. The van der Waals surface area contributed by atoms with Gasteiger partial charge in [-0.25, -0.2) is 9.18 Å². The van der Waals surface area contributed by atoms with Gasteiger partial charge in [0.1, 0.15) is 5.60 Å². The van der Waals surface area contributed by atoms with Crippen LogP contribution < -0.4 is 5.32 Å². The van der Waals surface area contributed by atoms with Crippen molar-refractivity contribution in [3.8, 4) is 17.6 Å². The number of phenols is 1. The molecule has 0 saturated carbocycles. The number of alkyl carbamates (subject to hydrolysis) is 1. The molecule has 0 atom stereocenters. The first-order chi connectivity index (χ1) is 8.78. The maximum absolute atomic E-state index is 12.8. The lowest BCUT2D eigenvalue weighted by molar-refractivity contribution is 0.0535. The molecule has 102 valence electrons. The van der Waals surface area contributed by atoms with Crippen LogP contribution in [-0.2, 0) is 4.74 Å². The van der Waals surface area contributed by atoms with Crippen LogP contribution in [0, 0.1) is 17.7 Å². The number of hydrogen-bond donors (Lipinski definition) is 2. The predicted octanol–water partition coefficient (Wildman–Crippen LogP) is 2.41. The summed E-state index contributed by atoms with van der Waals surface area (Å²) >= 11 is 0. The third-order valence-corrected chi connectivity index (χ3v) is 1.90. The van der Waals surface area contributed by atoms with E-state index in [9.17, 15) is 9.18 Å². The first-order valence-electron chi connectivity index (χ1n) is 5.72. The number of rotatable bonds is 1. The lowest BCUT2D eigenvalue weighted by atomic mass is 10.2. The van der Waals surface area contributed by atoms with Crippen LogP contribution in [0.2, 0.25) is 0 Å². The minimum absolute atomic E-state index is 0.104. The molecule has 1 aromatic rings. The van der Waals surface area contributed by atoms with E-state index in [0.717, 1.165) is 6.07 Å². The molecule has 0 heterocycles. The van der Waals surface area contributed by atoms with Crippen molar-refractivity contribution in [2.24, 2.45) is 0 Å². The van der Waals surface area contributed by atoms with Crippen molar-refractivity contribution in [1.82, 2.24) is 5.32 Å². The highest BCUT2D eigenvalue weighted by atomic mass is 19.1. The summed E-state index contributed by atoms with van der Waals surface area (Å²) < 4.78 is 17.8. The summed E-state index contributed by atoms with van der Waals surface area (Å²) in [6, 6.07) is 3.78. The number of nitrogens with one attached hydrogen (secondary N) is 1. The van der Waals surface area contributed by atoms with Gasteiger partial charge in [0, 0.05) is 5.56 Å². The molecule has 0 unspecified atom stereocenters. The highest BCUT2D eigenvalue weighted by Crippen LogP contribution is 2.15. The number of phenolic OH excluding ortho intramolecular Hbond substituents is 1. The molecule has 0 aliphatic carbocycles.